The van der Waals surface area contributed by atoms with Crippen molar-refractivity contribution in [3.05, 3.63) is 29.6 Å². The molecule has 1 atom stereocenters. The van der Waals surface area contributed by atoms with Crippen molar-refractivity contribution in [1.82, 2.24) is 20.0 Å². The molecule has 2 rings (SSSR count). The van der Waals surface area contributed by atoms with Gasteiger partial charge in [0.1, 0.15) is 5.03 Å². The second-order valence-electron chi connectivity index (χ2n) is 3.96. The summed E-state index contributed by atoms with van der Waals surface area (Å²) in [4.78, 5) is 0. The highest BCUT2D eigenvalue weighted by atomic mass is 32.2. The summed E-state index contributed by atoms with van der Waals surface area (Å²) in [5.74, 6) is 0.689. The summed E-state index contributed by atoms with van der Waals surface area (Å²) in [5, 5.41) is 21.9. The summed E-state index contributed by atoms with van der Waals surface area (Å²) >= 11 is 1.39. The monoisotopic (exact) mass is 259 g/mol. The summed E-state index contributed by atoms with van der Waals surface area (Å²) in [7, 11) is 0. The smallest absolute Gasteiger partial charge is 0.175 e. The third-order valence-electron chi connectivity index (χ3n) is 2.33. The Labute approximate surface area is 110 Å². The van der Waals surface area contributed by atoms with Crippen molar-refractivity contribution in [3.63, 3.8) is 0 Å². The number of rotatable bonds is 3. The first-order valence-electron chi connectivity index (χ1n) is 5.54. The third-order valence-corrected chi connectivity index (χ3v) is 3.25. The van der Waals surface area contributed by atoms with Crippen molar-refractivity contribution >= 4 is 11.8 Å². The zero-order valence-corrected chi connectivity index (χ0v) is 11.3. The van der Waals surface area contributed by atoms with Crippen LogP contribution in [0, 0.1) is 25.2 Å². The van der Waals surface area contributed by atoms with Gasteiger partial charge >= 0.3 is 0 Å². The van der Waals surface area contributed by atoms with E-state index in [9.17, 15) is 0 Å². The molecule has 18 heavy (non-hydrogen) atoms. The van der Waals surface area contributed by atoms with Crippen molar-refractivity contribution < 1.29 is 0 Å². The standard InChI is InChI=1S/C12H13N5S/c1-8-6-9(2)17(16-8)11-4-5-12(15-14-11)18-10(3)7-13/h4-6,10H,1-3H3. The van der Waals surface area contributed by atoms with Gasteiger partial charge in [-0.15, -0.1) is 10.2 Å². The SMILES string of the molecule is Cc1cc(C)n(-c2ccc(SC(C)C#N)nn2)n1. The van der Waals surface area contributed by atoms with Crippen LogP contribution >= 0.6 is 11.8 Å². The van der Waals surface area contributed by atoms with E-state index in [4.69, 9.17) is 5.26 Å². The third kappa shape index (κ3) is 2.68. The Morgan fingerprint density at radius 1 is 1.33 bits per heavy atom. The first-order chi connectivity index (χ1) is 8.60. The Morgan fingerprint density at radius 2 is 2.11 bits per heavy atom. The molecule has 2 aromatic rings. The normalized spacial score (nSPS) is 12.1. The van der Waals surface area contributed by atoms with Gasteiger partial charge in [0.15, 0.2) is 5.82 Å². The first kappa shape index (κ1) is 12.6. The van der Waals surface area contributed by atoms with Crippen LogP contribution in [-0.4, -0.2) is 25.2 Å². The van der Waals surface area contributed by atoms with Gasteiger partial charge in [-0.05, 0) is 39.0 Å². The second kappa shape index (κ2) is 5.19. The Balaban J connectivity index is 2.23. The van der Waals surface area contributed by atoms with Crippen molar-refractivity contribution in [2.75, 3.05) is 0 Å². The molecular formula is C12H13N5S. The van der Waals surface area contributed by atoms with Gasteiger partial charge in [0.25, 0.3) is 0 Å². The predicted octanol–water partition coefficient (Wildman–Crippen LogP) is 2.28. The van der Waals surface area contributed by atoms with E-state index >= 15 is 0 Å². The maximum atomic E-state index is 8.73. The lowest BCUT2D eigenvalue weighted by Gasteiger charge is -2.04. The van der Waals surface area contributed by atoms with Crippen molar-refractivity contribution in [3.8, 4) is 11.9 Å². The maximum Gasteiger partial charge on any atom is 0.175 e. The molecule has 0 saturated heterocycles. The molecule has 6 heteroatoms. The molecule has 0 amide bonds. The van der Waals surface area contributed by atoms with E-state index in [2.05, 4.69) is 21.4 Å². The molecule has 0 aliphatic heterocycles. The Hall–Kier alpha value is -1.87. The van der Waals surface area contributed by atoms with Crippen LogP contribution in [0.1, 0.15) is 18.3 Å². The molecule has 0 spiro atoms. The number of nitriles is 1. The fourth-order valence-electron chi connectivity index (χ4n) is 1.56. The number of aryl methyl sites for hydroxylation is 2. The lowest BCUT2D eigenvalue weighted by Crippen LogP contribution is -2.03. The highest BCUT2D eigenvalue weighted by Crippen LogP contribution is 2.20. The van der Waals surface area contributed by atoms with E-state index in [0.29, 0.717) is 5.82 Å². The van der Waals surface area contributed by atoms with Gasteiger partial charge in [-0.1, -0.05) is 11.8 Å². The highest BCUT2D eigenvalue weighted by molar-refractivity contribution is 8.00. The van der Waals surface area contributed by atoms with Crippen LogP contribution in [0.4, 0.5) is 0 Å². The minimum Gasteiger partial charge on any atom is -0.218 e. The number of nitrogens with zero attached hydrogens (tertiary/aromatic N) is 5. The van der Waals surface area contributed by atoms with Crippen molar-refractivity contribution in [2.45, 2.75) is 31.0 Å². The van der Waals surface area contributed by atoms with Crippen LogP contribution in [0.5, 0.6) is 0 Å². The molecule has 0 radical (unpaired) electrons. The number of thioether (sulfide) groups is 1. The summed E-state index contributed by atoms with van der Waals surface area (Å²) in [6.45, 7) is 5.75. The fourth-order valence-corrected chi connectivity index (χ4v) is 2.21. The minimum absolute atomic E-state index is 0.126. The van der Waals surface area contributed by atoms with Crippen molar-refractivity contribution in [2.24, 2.45) is 0 Å². The van der Waals surface area contributed by atoms with Gasteiger partial charge in [0, 0.05) is 5.69 Å². The van der Waals surface area contributed by atoms with Crippen molar-refractivity contribution in [1.29, 1.82) is 5.26 Å². The highest BCUT2D eigenvalue weighted by Gasteiger charge is 2.08. The molecule has 0 aliphatic carbocycles. The van der Waals surface area contributed by atoms with Crippen LogP contribution in [0.2, 0.25) is 0 Å². The van der Waals surface area contributed by atoms with Crippen LogP contribution in [0.25, 0.3) is 5.82 Å². The van der Waals surface area contributed by atoms with E-state index in [-0.39, 0.29) is 5.25 Å². The lowest BCUT2D eigenvalue weighted by molar-refractivity contribution is 0.765. The van der Waals surface area contributed by atoms with Gasteiger partial charge < -0.3 is 0 Å². The Morgan fingerprint density at radius 3 is 2.61 bits per heavy atom. The molecule has 2 heterocycles. The Kier molecular flexibility index (Phi) is 3.63. The second-order valence-corrected chi connectivity index (χ2v) is 5.32. The summed E-state index contributed by atoms with van der Waals surface area (Å²) < 4.78 is 1.75. The van der Waals surface area contributed by atoms with E-state index in [1.165, 1.54) is 11.8 Å². The van der Waals surface area contributed by atoms with Gasteiger partial charge in [-0.3, -0.25) is 0 Å². The zero-order valence-electron chi connectivity index (χ0n) is 10.5. The minimum atomic E-state index is -0.126. The number of hydrogen-bond acceptors (Lipinski definition) is 5. The molecule has 0 bridgehead atoms. The van der Waals surface area contributed by atoms with Gasteiger partial charge in [-0.25, -0.2) is 4.68 Å². The molecule has 0 N–H and O–H groups in total. The van der Waals surface area contributed by atoms with Crippen LogP contribution in [0.3, 0.4) is 0 Å². The molecule has 1 unspecified atom stereocenters. The predicted molar refractivity (Wildman–Crippen MR) is 69.6 cm³/mol. The molecule has 0 aliphatic rings. The largest absolute Gasteiger partial charge is 0.218 e. The lowest BCUT2D eigenvalue weighted by atomic mass is 10.4. The number of aromatic nitrogens is 4. The molecule has 5 nitrogen and oxygen atoms in total. The average molecular weight is 259 g/mol. The molecule has 0 saturated carbocycles. The molecule has 2 aromatic heterocycles. The molecule has 92 valence electrons. The van der Waals surface area contributed by atoms with Gasteiger partial charge in [0.2, 0.25) is 0 Å². The molecule has 0 aromatic carbocycles. The quantitative estimate of drug-likeness (QED) is 0.791. The van der Waals surface area contributed by atoms with E-state index in [0.717, 1.165) is 16.4 Å². The van der Waals surface area contributed by atoms with E-state index < -0.39 is 0 Å². The summed E-state index contributed by atoms with van der Waals surface area (Å²) in [5.41, 5.74) is 1.97. The summed E-state index contributed by atoms with van der Waals surface area (Å²) in [6, 6.07) is 7.86. The van der Waals surface area contributed by atoms with Crippen LogP contribution in [-0.2, 0) is 0 Å². The average Bonchev–Trinajstić information content (AvgIpc) is 2.69. The zero-order chi connectivity index (χ0) is 13.1. The number of hydrogen-bond donors (Lipinski definition) is 0. The summed E-state index contributed by atoms with van der Waals surface area (Å²) in [6.07, 6.45) is 0. The fraction of sp³-hybridized carbons (Fsp3) is 0.333. The van der Waals surface area contributed by atoms with Crippen LogP contribution in [0.15, 0.2) is 23.2 Å². The first-order valence-corrected chi connectivity index (χ1v) is 6.42. The molecular weight excluding hydrogens is 246 g/mol. The van der Waals surface area contributed by atoms with Crippen LogP contribution < -0.4 is 0 Å². The topological polar surface area (TPSA) is 67.4 Å². The van der Waals surface area contributed by atoms with Gasteiger partial charge in [-0.2, -0.15) is 10.4 Å². The maximum absolute atomic E-state index is 8.73. The van der Waals surface area contributed by atoms with E-state index in [1.54, 1.807) is 4.68 Å². The van der Waals surface area contributed by atoms with E-state index in [1.807, 2.05) is 39.0 Å². The molecule has 0 fully saturated rings. The Bertz CT molecular complexity index is 582. The van der Waals surface area contributed by atoms with Gasteiger partial charge in [0.05, 0.1) is 17.0 Å².